The van der Waals surface area contributed by atoms with E-state index in [1.165, 1.54) is 0 Å². The molecule has 0 atom stereocenters. The van der Waals surface area contributed by atoms with E-state index < -0.39 is 7.12 Å². The maximum absolute atomic E-state index is 5.73. The number of terminal acetylenes is 1. The zero-order valence-electron chi connectivity index (χ0n) is 10.6. The second-order valence-electron chi connectivity index (χ2n) is 4.97. The lowest BCUT2D eigenvalue weighted by atomic mass is 9.90. The smallest absolute Gasteiger partial charge is 0.392 e. The second kappa shape index (κ2) is 4.96. The molecule has 16 heavy (non-hydrogen) atoms. The Morgan fingerprint density at radius 2 is 1.62 bits per heavy atom. The Kier molecular flexibility index (Phi) is 4.08. The Balaban J connectivity index is 2.45. The van der Waals surface area contributed by atoms with Gasteiger partial charge in [0.05, 0.1) is 11.2 Å². The van der Waals surface area contributed by atoms with E-state index in [1.807, 2.05) is 27.7 Å². The maximum atomic E-state index is 5.73. The van der Waals surface area contributed by atoms with E-state index in [4.69, 9.17) is 15.7 Å². The molecule has 0 bridgehead atoms. The van der Waals surface area contributed by atoms with E-state index in [9.17, 15) is 0 Å². The van der Waals surface area contributed by atoms with E-state index in [2.05, 4.69) is 17.7 Å². The van der Waals surface area contributed by atoms with Gasteiger partial charge in [-0.25, -0.2) is 0 Å². The van der Waals surface area contributed by atoms with Crippen LogP contribution in [0.1, 0.15) is 47.0 Å². The fraction of sp³-hybridized carbons (Fsp3) is 0.692. The van der Waals surface area contributed by atoms with Crippen molar-refractivity contribution < 1.29 is 9.31 Å². The minimum absolute atomic E-state index is 0.300. The molecule has 0 radical (unpaired) electrons. The minimum atomic E-state index is -0.407. The summed E-state index contributed by atoms with van der Waals surface area (Å²) in [5.41, 5.74) is -0.601. The average molecular weight is 218 g/mol. The number of hydrogen-bond donors (Lipinski definition) is 0. The van der Waals surface area contributed by atoms with Crippen molar-refractivity contribution in [2.75, 3.05) is 0 Å². The van der Waals surface area contributed by atoms with Gasteiger partial charge in [-0.15, -0.1) is 18.3 Å². The van der Waals surface area contributed by atoms with Crippen LogP contribution in [-0.2, 0) is 9.31 Å². The fourth-order valence-electron chi connectivity index (χ4n) is 1.34. The van der Waals surface area contributed by atoms with Crippen LogP contribution in [-0.4, -0.2) is 18.3 Å². The molecule has 0 aromatic heterocycles. The molecule has 0 spiro atoms. The van der Waals surface area contributed by atoms with E-state index in [0.29, 0.717) is 0 Å². The van der Waals surface area contributed by atoms with E-state index in [0.717, 1.165) is 19.3 Å². The molecule has 0 aromatic carbocycles. The van der Waals surface area contributed by atoms with Gasteiger partial charge in [0.1, 0.15) is 0 Å². The normalized spacial score (nSPS) is 21.1. The van der Waals surface area contributed by atoms with Crippen molar-refractivity contribution in [3.63, 3.8) is 0 Å². The van der Waals surface area contributed by atoms with Crippen molar-refractivity contribution in [3.8, 4) is 24.1 Å². The van der Waals surface area contributed by atoms with Gasteiger partial charge in [-0.3, -0.25) is 0 Å². The first kappa shape index (κ1) is 13.2. The van der Waals surface area contributed by atoms with Crippen molar-refractivity contribution in [2.24, 2.45) is 0 Å². The second-order valence-corrected chi connectivity index (χ2v) is 4.97. The van der Waals surface area contributed by atoms with Crippen molar-refractivity contribution in [1.82, 2.24) is 0 Å². The summed E-state index contributed by atoms with van der Waals surface area (Å²) in [6, 6.07) is 0. The highest BCUT2D eigenvalue weighted by atomic mass is 16.7. The molecule has 0 saturated carbocycles. The van der Waals surface area contributed by atoms with Crippen LogP contribution in [0, 0.1) is 24.1 Å². The first-order valence-corrected chi connectivity index (χ1v) is 5.66. The van der Waals surface area contributed by atoms with Crippen molar-refractivity contribution >= 4 is 7.12 Å². The quantitative estimate of drug-likeness (QED) is 0.402. The van der Waals surface area contributed by atoms with E-state index in [1.54, 1.807) is 0 Å². The molecular weight excluding hydrogens is 199 g/mol. The molecular formula is C13H19BO2. The minimum Gasteiger partial charge on any atom is -0.392 e. The average Bonchev–Trinajstić information content (AvgIpc) is 2.35. The predicted octanol–water partition coefficient (Wildman–Crippen LogP) is 2.42. The third-order valence-electron chi connectivity index (χ3n) is 3.10. The van der Waals surface area contributed by atoms with Crippen LogP contribution in [0.2, 0.25) is 0 Å². The van der Waals surface area contributed by atoms with Gasteiger partial charge in [-0.1, -0.05) is 5.82 Å². The van der Waals surface area contributed by atoms with E-state index >= 15 is 0 Å². The molecule has 1 aliphatic rings. The molecule has 0 aromatic rings. The largest absolute Gasteiger partial charge is 0.551 e. The van der Waals surface area contributed by atoms with Crippen molar-refractivity contribution in [3.05, 3.63) is 0 Å². The van der Waals surface area contributed by atoms with Crippen LogP contribution in [0.15, 0.2) is 0 Å². The Labute approximate surface area is 99.2 Å². The van der Waals surface area contributed by atoms with Crippen LogP contribution in [0.3, 0.4) is 0 Å². The van der Waals surface area contributed by atoms with Gasteiger partial charge in [0.25, 0.3) is 0 Å². The van der Waals surface area contributed by atoms with Gasteiger partial charge in [0, 0.05) is 12.8 Å². The third kappa shape index (κ3) is 3.05. The van der Waals surface area contributed by atoms with Gasteiger partial charge >= 0.3 is 7.12 Å². The Morgan fingerprint density at radius 1 is 1.06 bits per heavy atom. The van der Waals surface area contributed by atoms with Crippen LogP contribution < -0.4 is 0 Å². The molecule has 3 heteroatoms. The Morgan fingerprint density at radius 3 is 2.12 bits per heavy atom. The summed E-state index contributed by atoms with van der Waals surface area (Å²) in [5.74, 6) is 8.62. The first-order chi connectivity index (χ1) is 7.39. The molecule has 0 unspecified atom stereocenters. The zero-order chi connectivity index (χ0) is 12.2. The van der Waals surface area contributed by atoms with E-state index in [-0.39, 0.29) is 11.2 Å². The van der Waals surface area contributed by atoms with Gasteiger partial charge in [0.2, 0.25) is 0 Å². The summed E-state index contributed by atoms with van der Waals surface area (Å²) < 4.78 is 11.5. The molecule has 0 aliphatic carbocycles. The maximum Gasteiger partial charge on any atom is 0.551 e. The van der Waals surface area contributed by atoms with Crippen LogP contribution in [0.25, 0.3) is 0 Å². The summed E-state index contributed by atoms with van der Waals surface area (Å²) in [6.07, 6.45) is 7.67. The number of rotatable bonds is 2. The monoisotopic (exact) mass is 218 g/mol. The first-order valence-electron chi connectivity index (χ1n) is 5.66. The van der Waals surface area contributed by atoms with Crippen molar-refractivity contribution in [1.29, 1.82) is 0 Å². The molecule has 86 valence electrons. The number of hydrogen-bond acceptors (Lipinski definition) is 2. The summed E-state index contributed by atoms with van der Waals surface area (Å²) in [5, 5.41) is 0. The topological polar surface area (TPSA) is 18.5 Å². The van der Waals surface area contributed by atoms with Gasteiger partial charge in [-0.2, -0.15) is 0 Å². The molecule has 0 N–H and O–H groups in total. The molecule has 2 nitrogen and oxygen atoms in total. The summed E-state index contributed by atoms with van der Waals surface area (Å²) >= 11 is 0. The molecule has 0 amide bonds. The van der Waals surface area contributed by atoms with Gasteiger partial charge in [-0.05, 0) is 34.1 Å². The molecule has 1 heterocycles. The Bertz CT molecular complexity index is 325. The molecule has 1 aliphatic heterocycles. The zero-order valence-corrected chi connectivity index (χ0v) is 10.6. The molecule has 1 rings (SSSR count). The summed E-state index contributed by atoms with van der Waals surface area (Å²) in [4.78, 5) is 0. The van der Waals surface area contributed by atoms with Crippen LogP contribution in [0.5, 0.6) is 0 Å². The Hall–Kier alpha value is -0.895. The highest BCUT2D eigenvalue weighted by molar-refractivity contribution is 6.55. The lowest BCUT2D eigenvalue weighted by Gasteiger charge is -2.32. The SMILES string of the molecule is C#CCCCC#CB1OC(C)(C)C(C)(C)O1. The van der Waals surface area contributed by atoms with Crippen LogP contribution >= 0.6 is 0 Å². The highest BCUT2D eigenvalue weighted by Crippen LogP contribution is 2.36. The number of unbranched alkanes of at least 4 members (excludes halogenated alkanes) is 2. The lowest BCUT2D eigenvalue weighted by molar-refractivity contribution is 0.00578. The van der Waals surface area contributed by atoms with Crippen LogP contribution in [0.4, 0.5) is 0 Å². The fourth-order valence-corrected chi connectivity index (χ4v) is 1.34. The van der Waals surface area contributed by atoms with Gasteiger partial charge < -0.3 is 9.31 Å². The highest BCUT2D eigenvalue weighted by Gasteiger charge is 2.50. The summed E-state index contributed by atoms with van der Waals surface area (Å²) in [6.45, 7) is 8.08. The van der Waals surface area contributed by atoms with Crippen molar-refractivity contribution in [2.45, 2.75) is 58.2 Å². The molecule has 1 saturated heterocycles. The third-order valence-corrected chi connectivity index (χ3v) is 3.10. The lowest BCUT2D eigenvalue weighted by Crippen LogP contribution is -2.41. The van der Waals surface area contributed by atoms with Gasteiger partial charge in [0.15, 0.2) is 0 Å². The predicted molar refractivity (Wildman–Crippen MR) is 66.5 cm³/mol. The summed E-state index contributed by atoms with van der Waals surface area (Å²) in [7, 11) is -0.407. The molecule has 1 fully saturated rings. The standard InChI is InChI=1S/C13H19BO2/c1-6-7-8-9-10-11-14-15-12(2,3)13(4,5)16-14/h1H,7-9H2,2-5H3.